The molecule has 0 radical (unpaired) electrons. The molecular formula is C18H16N2O3. The predicted octanol–water partition coefficient (Wildman–Crippen LogP) is 1.88. The molecule has 2 saturated heterocycles. The highest BCUT2D eigenvalue weighted by Gasteiger charge is 2.49. The summed E-state index contributed by atoms with van der Waals surface area (Å²) in [6, 6.07) is 16.7. The average molecular weight is 308 g/mol. The zero-order valence-corrected chi connectivity index (χ0v) is 12.4. The van der Waals surface area contributed by atoms with E-state index in [-0.39, 0.29) is 5.91 Å². The van der Waals surface area contributed by atoms with Crippen LogP contribution in [-0.4, -0.2) is 25.2 Å². The van der Waals surface area contributed by atoms with Gasteiger partial charge in [0.25, 0.3) is 5.91 Å². The molecule has 2 aromatic carbocycles. The van der Waals surface area contributed by atoms with Crippen LogP contribution in [0.15, 0.2) is 54.6 Å². The number of amides is 3. The van der Waals surface area contributed by atoms with Gasteiger partial charge >= 0.3 is 6.03 Å². The molecule has 1 unspecified atom stereocenters. The molecule has 2 aromatic rings. The summed E-state index contributed by atoms with van der Waals surface area (Å²) >= 11 is 0. The van der Waals surface area contributed by atoms with Gasteiger partial charge in [-0.15, -0.1) is 0 Å². The van der Waals surface area contributed by atoms with E-state index < -0.39 is 11.6 Å². The molecule has 0 saturated carbocycles. The average Bonchev–Trinajstić information content (AvgIpc) is 2.82. The Hall–Kier alpha value is -2.66. The van der Waals surface area contributed by atoms with Gasteiger partial charge in [0.1, 0.15) is 0 Å². The second-order valence-electron chi connectivity index (χ2n) is 5.88. The third-order valence-electron chi connectivity index (χ3n) is 4.50. The number of urea groups is 1. The Morgan fingerprint density at radius 3 is 2.30 bits per heavy atom. The van der Waals surface area contributed by atoms with Gasteiger partial charge in [-0.3, -0.25) is 10.1 Å². The van der Waals surface area contributed by atoms with Gasteiger partial charge in [-0.25, -0.2) is 4.79 Å². The van der Waals surface area contributed by atoms with E-state index in [2.05, 4.69) is 10.6 Å². The maximum absolute atomic E-state index is 12.7. The molecule has 5 nitrogen and oxygen atoms in total. The highest BCUT2D eigenvalue weighted by molar-refractivity contribution is 6.09. The van der Waals surface area contributed by atoms with Gasteiger partial charge in [0.15, 0.2) is 5.54 Å². The van der Waals surface area contributed by atoms with Crippen molar-refractivity contribution < 1.29 is 14.3 Å². The molecule has 0 aromatic heterocycles. The van der Waals surface area contributed by atoms with E-state index in [9.17, 15) is 9.59 Å². The van der Waals surface area contributed by atoms with Gasteiger partial charge in [-0.1, -0.05) is 54.6 Å². The topological polar surface area (TPSA) is 67.4 Å². The minimum absolute atomic E-state index is 0.350. The molecule has 5 heteroatoms. The Kier molecular flexibility index (Phi) is 3.16. The summed E-state index contributed by atoms with van der Waals surface area (Å²) < 4.78 is 5.25. The highest BCUT2D eigenvalue weighted by Crippen LogP contribution is 2.35. The Morgan fingerprint density at radius 2 is 1.70 bits per heavy atom. The minimum atomic E-state index is -1.18. The van der Waals surface area contributed by atoms with Crippen molar-refractivity contribution in [2.24, 2.45) is 0 Å². The summed E-state index contributed by atoms with van der Waals surface area (Å²) in [4.78, 5) is 24.5. The van der Waals surface area contributed by atoms with Gasteiger partial charge < -0.3 is 10.1 Å². The lowest BCUT2D eigenvalue weighted by atomic mass is 9.81. The third-order valence-corrected chi connectivity index (χ3v) is 4.50. The summed E-state index contributed by atoms with van der Waals surface area (Å²) in [5.74, 6) is -0.00125. The Bertz CT molecular complexity index is 771. The van der Waals surface area contributed by atoms with Gasteiger partial charge in [0.05, 0.1) is 13.2 Å². The van der Waals surface area contributed by atoms with Crippen LogP contribution < -0.4 is 10.6 Å². The summed E-state index contributed by atoms with van der Waals surface area (Å²) in [7, 11) is 0. The fourth-order valence-corrected chi connectivity index (χ4v) is 3.17. The van der Waals surface area contributed by atoms with Gasteiger partial charge in [0, 0.05) is 5.92 Å². The van der Waals surface area contributed by atoms with Crippen molar-refractivity contribution >= 4 is 11.9 Å². The fourth-order valence-electron chi connectivity index (χ4n) is 3.17. The molecule has 1 atom stereocenters. The molecule has 0 aliphatic carbocycles. The number of rotatable bonds is 3. The van der Waals surface area contributed by atoms with Crippen molar-refractivity contribution in [1.82, 2.24) is 10.6 Å². The summed E-state index contributed by atoms with van der Waals surface area (Å²) in [5, 5.41) is 5.19. The number of hydrogen-bond acceptors (Lipinski definition) is 3. The highest BCUT2D eigenvalue weighted by atomic mass is 16.5. The number of carbonyl (C=O) groups is 2. The number of carbonyl (C=O) groups excluding carboxylic acids is 2. The summed E-state index contributed by atoms with van der Waals surface area (Å²) in [5.41, 5.74) is 1.44. The van der Waals surface area contributed by atoms with Crippen LogP contribution in [0.3, 0.4) is 0 Å². The molecule has 2 heterocycles. The van der Waals surface area contributed by atoms with Crippen LogP contribution in [0.1, 0.15) is 22.6 Å². The first kappa shape index (κ1) is 14.0. The standard InChI is InChI=1S/C18H16N2O3/c21-16-18(20-17(22)19-16,14-6-2-1-3-7-14)15-8-4-5-12(9-15)13-10-23-11-13/h1-9,13H,10-11H2,(H2,19,20,21,22). The fraction of sp³-hybridized carbons (Fsp3) is 0.222. The molecule has 23 heavy (non-hydrogen) atoms. The van der Waals surface area contributed by atoms with E-state index in [0.29, 0.717) is 19.1 Å². The molecule has 3 amide bonds. The summed E-state index contributed by atoms with van der Waals surface area (Å²) in [6.45, 7) is 1.39. The molecule has 2 aliphatic rings. The minimum Gasteiger partial charge on any atom is -0.380 e. The largest absolute Gasteiger partial charge is 0.380 e. The number of benzene rings is 2. The van der Waals surface area contributed by atoms with Crippen LogP contribution in [-0.2, 0) is 15.1 Å². The monoisotopic (exact) mass is 308 g/mol. The van der Waals surface area contributed by atoms with Crippen LogP contribution in [0, 0.1) is 0 Å². The Morgan fingerprint density at radius 1 is 0.957 bits per heavy atom. The van der Waals surface area contributed by atoms with Crippen molar-refractivity contribution in [3.8, 4) is 0 Å². The molecule has 0 spiro atoms. The molecule has 0 bridgehead atoms. The molecule has 116 valence electrons. The van der Waals surface area contributed by atoms with E-state index >= 15 is 0 Å². The Balaban J connectivity index is 1.86. The lowest BCUT2D eigenvalue weighted by Gasteiger charge is -2.30. The molecule has 2 aliphatic heterocycles. The van der Waals surface area contributed by atoms with E-state index in [1.54, 1.807) is 0 Å². The van der Waals surface area contributed by atoms with Crippen molar-refractivity contribution in [3.05, 3.63) is 71.3 Å². The molecule has 2 N–H and O–H groups in total. The smallest absolute Gasteiger partial charge is 0.322 e. The maximum Gasteiger partial charge on any atom is 0.322 e. The van der Waals surface area contributed by atoms with Crippen molar-refractivity contribution in [3.63, 3.8) is 0 Å². The summed E-state index contributed by atoms with van der Waals surface area (Å²) in [6.07, 6.45) is 0. The predicted molar refractivity (Wildman–Crippen MR) is 83.9 cm³/mol. The molecule has 2 fully saturated rings. The van der Waals surface area contributed by atoms with Crippen LogP contribution >= 0.6 is 0 Å². The Labute approximate surface area is 133 Å². The van der Waals surface area contributed by atoms with E-state index in [0.717, 1.165) is 16.7 Å². The van der Waals surface area contributed by atoms with Crippen LogP contribution in [0.25, 0.3) is 0 Å². The van der Waals surface area contributed by atoms with Gasteiger partial charge in [-0.05, 0) is 16.7 Å². The van der Waals surface area contributed by atoms with Crippen LogP contribution in [0.5, 0.6) is 0 Å². The lowest BCUT2D eigenvalue weighted by Crippen LogP contribution is -2.45. The lowest BCUT2D eigenvalue weighted by molar-refractivity contribution is -0.122. The number of hydrogen-bond donors (Lipinski definition) is 2. The van der Waals surface area contributed by atoms with Gasteiger partial charge in [0.2, 0.25) is 0 Å². The second kappa shape index (κ2) is 5.21. The zero-order valence-electron chi connectivity index (χ0n) is 12.4. The number of nitrogens with one attached hydrogen (secondary N) is 2. The van der Waals surface area contributed by atoms with E-state index in [1.807, 2.05) is 54.6 Å². The SMILES string of the molecule is O=C1NC(=O)C(c2ccccc2)(c2cccc(C3COC3)c2)N1. The zero-order chi connectivity index (χ0) is 15.9. The first-order chi connectivity index (χ1) is 11.2. The van der Waals surface area contributed by atoms with Crippen LogP contribution in [0.2, 0.25) is 0 Å². The van der Waals surface area contributed by atoms with Crippen molar-refractivity contribution in [1.29, 1.82) is 0 Å². The van der Waals surface area contributed by atoms with E-state index in [1.165, 1.54) is 0 Å². The first-order valence-electron chi connectivity index (χ1n) is 7.57. The second-order valence-corrected chi connectivity index (χ2v) is 5.88. The first-order valence-corrected chi connectivity index (χ1v) is 7.57. The van der Waals surface area contributed by atoms with Crippen molar-refractivity contribution in [2.75, 3.05) is 13.2 Å². The molecular weight excluding hydrogens is 292 g/mol. The maximum atomic E-state index is 12.7. The number of ether oxygens (including phenoxy) is 1. The van der Waals surface area contributed by atoms with Crippen LogP contribution in [0.4, 0.5) is 4.79 Å². The van der Waals surface area contributed by atoms with E-state index in [4.69, 9.17) is 4.74 Å². The normalized spacial score (nSPS) is 24.0. The number of imide groups is 1. The van der Waals surface area contributed by atoms with Gasteiger partial charge in [-0.2, -0.15) is 0 Å². The van der Waals surface area contributed by atoms with Crippen molar-refractivity contribution in [2.45, 2.75) is 11.5 Å². The third kappa shape index (κ3) is 2.12. The quantitative estimate of drug-likeness (QED) is 0.851. The molecule has 4 rings (SSSR count).